The molecule has 3 N–H and O–H groups in total. The number of aliphatic hydroxyl groups is 2. The number of thiophene rings is 1. The first kappa shape index (κ1) is 29.8. The number of phenolic OH excluding ortho intramolecular Hbond substituents is 1. The van der Waals surface area contributed by atoms with Crippen LogP contribution in [0.25, 0.3) is 0 Å². The van der Waals surface area contributed by atoms with Crippen molar-refractivity contribution in [2.45, 2.75) is 49.0 Å². The lowest BCUT2D eigenvalue weighted by Gasteiger charge is -2.48. The van der Waals surface area contributed by atoms with E-state index in [2.05, 4.69) is 0 Å². The van der Waals surface area contributed by atoms with E-state index < -0.39 is 66.8 Å². The summed E-state index contributed by atoms with van der Waals surface area (Å²) in [6.45, 7) is 0.171. The van der Waals surface area contributed by atoms with Gasteiger partial charge in [0.2, 0.25) is 12.5 Å². The summed E-state index contributed by atoms with van der Waals surface area (Å²) >= 11 is 1.46. The number of aliphatic hydroxyl groups excluding tert-OH is 2. The topological polar surface area (TPSA) is 161 Å². The second kappa shape index (κ2) is 11.6. The van der Waals surface area contributed by atoms with Gasteiger partial charge in [-0.15, -0.1) is 11.3 Å². The van der Waals surface area contributed by atoms with Crippen molar-refractivity contribution in [2.24, 2.45) is 11.8 Å². The van der Waals surface area contributed by atoms with Crippen molar-refractivity contribution in [3.8, 4) is 28.7 Å². The molecule has 3 aromatic rings. The van der Waals surface area contributed by atoms with Crippen LogP contribution in [0.4, 0.5) is 0 Å². The molecule has 4 aliphatic heterocycles. The number of esters is 1. The van der Waals surface area contributed by atoms with E-state index in [-0.39, 0.29) is 37.3 Å². The quantitative estimate of drug-likeness (QED) is 0.333. The van der Waals surface area contributed by atoms with E-state index in [1.54, 1.807) is 18.2 Å². The molecule has 0 saturated carbocycles. The number of hydrogen-bond donors (Lipinski definition) is 3. The van der Waals surface area contributed by atoms with Crippen molar-refractivity contribution in [3.05, 3.63) is 63.3 Å². The summed E-state index contributed by atoms with van der Waals surface area (Å²) < 4.78 is 52.6. The molecule has 3 fully saturated rings. The molecule has 2 aromatic carbocycles. The molecule has 5 heterocycles. The maximum Gasteiger partial charge on any atom is 0.310 e. The molecule has 46 heavy (non-hydrogen) atoms. The van der Waals surface area contributed by atoms with Crippen LogP contribution in [0, 0.1) is 11.8 Å². The van der Waals surface area contributed by atoms with E-state index in [4.69, 9.17) is 42.6 Å². The predicted molar refractivity (Wildman–Crippen MR) is 156 cm³/mol. The SMILES string of the molecule is COc1cc([C@@H]2c3cc4c(cc3[C@@H](OC3OC5COC(c6cccs6)OC5C(O)C3O)C3COC(=O)[C@@H]32)OCO4)cc(OC)c1O. The van der Waals surface area contributed by atoms with Gasteiger partial charge >= 0.3 is 5.97 Å². The van der Waals surface area contributed by atoms with Gasteiger partial charge in [0.25, 0.3) is 0 Å². The zero-order chi connectivity index (χ0) is 31.7. The Morgan fingerprint density at radius 2 is 1.65 bits per heavy atom. The van der Waals surface area contributed by atoms with Crippen LogP contribution in [0.3, 0.4) is 0 Å². The molecule has 1 aliphatic carbocycles. The Morgan fingerprint density at radius 3 is 2.35 bits per heavy atom. The van der Waals surface area contributed by atoms with Gasteiger partial charge < -0.3 is 58.0 Å². The number of cyclic esters (lactones) is 1. The minimum absolute atomic E-state index is 0.0242. The van der Waals surface area contributed by atoms with Gasteiger partial charge in [0.05, 0.1) is 44.3 Å². The van der Waals surface area contributed by atoms with Crippen molar-refractivity contribution in [3.63, 3.8) is 0 Å². The first-order valence-corrected chi connectivity index (χ1v) is 15.8. The Balaban J connectivity index is 1.16. The minimum atomic E-state index is -1.47. The Hall–Kier alpha value is -3.63. The van der Waals surface area contributed by atoms with Gasteiger partial charge in [-0.2, -0.15) is 0 Å². The summed E-state index contributed by atoms with van der Waals surface area (Å²) in [5.41, 5.74) is 2.00. The number of aromatic hydroxyl groups is 1. The fraction of sp³-hybridized carbons (Fsp3) is 0.469. The molecule has 0 radical (unpaired) electrons. The average molecular weight is 657 g/mol. The molecule has 3 saturated heterocycles. The van der Waals surface area contributed by atoms with E-state index in [1.807, 2.05) is 23.6 Å². The number of benzene rings is 2. The van der Waals surface area contributed by atoms with Crippen molar-refractivity contribution in [2.75, 3.05) is 34.2 Å². The van der Waals surface area contributed by atoms with Crippen LogP contribution in [0.2, 0.25) is 0 Å². The molecule has 0 bridgehead atoms. The second-order valence-corrected chi connectivity index (χ2v) is 12.7. The number of carbonyl (C=O) groups excluding carboxylic acids is 1. The van der Waals surface area contributed by atoms with Gasteiger partial charge in [-0.25, -0.2) is 0 Å². The molecule has 7 unspecified atom stereocenters. The number of phenols is 1. The van der Waals surface area contributed by atoms with Crippen LogP contribution in [0.1, 0.15) is 39.9 Å². The van der Waals surface area contributed by atoms with Gasteiger partial charge in [0.15, 0.2) is 35.6 Å². The van der Waals surface area contributed by atoms with Crippen molar-refractivity contribution >= 4 is 17.3 Å². The highest BCUT2D eigenvalue weighted by Gasteiger charge is 2.56. The summed E-state index contributed by atoms with van der Waals surface area (Å²) in [7, 11) is 2.86. The lowest BCUT2D eigenvalue weighted by Crippen LogP contribution is -2.62. The molecule has 5 aliphatic rings. The smallest absolute Gasteiger partial charge is 0.310 e. The highest BCUT2D eigenvalue weighted by atomic mass is 32.1. The van der Waals surface area contributed by atoms with Gasteiger partial charge in [0, 0.05) is 11.8 Å². The van der Waals surface area contributed by atoms with Crippen LogP contribution in [-0.4, -0.2) is 86.2 Å². The third kappa shape index (κ3) is 4.70. The normalized spacial score (nSPS) is 34.3. The predicted octanol–water partition coefficient (Wildman–Crippen LogP) is 2.75. The zero-order valence-corrected chi connectivity index (χ0v) is 25.6. The standard InChI is InChI=1S/C32H32O13S/c1-37-19-6-13(7-20(38-2)25(19)33)23-14-8-17-18(42-12-41-17)9-15(14)28(16-10-39-30(36)24(16)23)44-32-27(35)26(34)29-21(43-32)11-40-31(45-29)22-4-3-5-46-22/h3-9,16,21,23-24,26-29,31-35H,10-12H2,1-2H3/t16?,21?,23-,24+,26?,27?,28-,29?,31?,32?/m1/s1. The first-order valence-electron chi connectivity index (χ1n) is 14.9. The molecule has 14 heteroatoms. The van der Waals surface area contributed by atoms with Crippen molar-refractivity contribution < 1.29 is 62.7 Å². The van der Waals surface area contributed by atoms with Crippen LogP contribution in [-0.2, 0) is 28.5 Å². The maximum absolute atomic E-state index is 13.5. The summed E-state index contributed by atoms with van der Waals surface area (Å²) in [6.07, 6.45) is -7.16. The summed E-state index contributed by atoms with van der Waals surface area (Å²) in [5, 5.41) is 35.0. The largest absolute Gasteiger partial charge is 0.502 e. The number of methoxy groups -OCH3 is 2. The highest BCUT2D eigenvalue weighted by molar-refractivity contribution is 7.10. The zero-order valence-electron chi connectivity index (χ0n) is 24.8. The Morgan fingerprint density at radius 1 is 0.913 bits per heavy atom. The minimum Gasteiger partial charge on any atom is -0.502 e. The average Bonchev–Trinajstić information content (AvgIpc) is 3.85. The number of fused-ring (bicyclic) bond motifs is 4. The molecule has 10 atom stereocenters. The number of ether oxygens (including phenoxy) is 9. The molecule has 244 valence electrons. The first-order chi connectivity index (χ1) is 22.4. The van der Waals surface area contributed by atoms with E-state index in [9.17, 15) is 20.1 Å². The second-order valence-electron chi connectivity index (χ2n) is 11.8. The van der Waals surface area contributed by atoms with Gasteiger partial charge in [-0.1, -0.05) is 6.07 Å². The third-order valence-corrected chi connectivity index (χ3v) is 10.3. The van der Waals surface area contributed by atoms with Gasteiger partial charge in [0.1, 0.15) is 24.4 Å². The van der Waals surface area contributed by atoms with E-state index >= 15 is 0 Å². The number of rotatable bonds is 6. The maximum atomic E-state index is 13.5. The fourth-order valence-electron chi connectivity index (χ4n) is 7.18. The molecule has 8 rings (SSSR count). The molecule has 13 nitrogen and oxygen atoms in total. The van der Waals surface area contributed by atoms with Crippen LogP contribution < -0.4 is 18.9 Å². The highest BCUT2D eigenvalue weighted by Crippen LogP contribution is 2.57. The lowest BCUT2D eigenvalue weighted by molar-refractivity contribution is -0.368. The van der Waals surface area contributed by atoms with Crippen LogP contribution >= 0.6 is 11.3 Å². The Bertz CT molecular complexity index is 1600. The van der Waals surface area contributed by atoms with E-state index in [0.29, 0.717) is 28.2 Å². The van der Waals surface area contributed by atoms with Gasteiger partial charge in [-0.3, -0.25) is 4.79 Å². The molecule has 0 amide bonds. The van der Waals surface area contributed by atoms with Crippen molar-refractivity contribution in [1.29, 1.82) is 0 Å². The summed E-state index contributed by atoms with van der Waals surface area (Å²) in [4.78, 5) is 14.3. The Labute approximate surface area is 267 Å². The molecule has 1 aromatic heterocycles. The van der Waals surface area contributed by atoms with E-state index in [0.717, 1.165) is 4.88 Å². The lowest BCUT2D eigenvalue weighted by atomic mass is 9.66. The van der Waals surface area contributed by atoms with Gasteiger partial charge in [-0.05, 0) is 52.4 Å². The summed E-state index contributed by atoms with van der Waals surface area (Å²) in [6, 6.07) is 10.7. The molecule has 0 spiro atoms. The summed E-state index contributed by atoms with van der Waals surface area (Å²) in [5.74, 6) is -1.08. The third-order valence-electron chi connectivity index (χ3n) is 9.37. The number of hydrogen-bond acceptors (Lipinski definition) is 14. The number of carbonyl (C=O) groups is 1. The molecular weight excluding hydrogens is 624 g/mol. The monoisotopic (exact) mass is 656 g/mol. The van der Waals surface area contributed by atoms with E-state index in [1.165, 1.54) is 25.6 Å². The fourth-order valence-corrected chi connectivity index (χ4v) is 7.89. The Kier molecular flexibility index (Phi) is 7.48. The van der Waals surface area contributed by atoms with Crippen LogP contribution in [0.15, 0.2) is 41.8 Å². The van der Waals surface area contributed by atoms with Crippen molar-refractivity contribution in [1.82, 2.24) is 0 Å². The van der Waals surface area contributed by atoms with Crippen LogP contribution in [0.5, 0.6) is 28.7 Å². The molecular formula is C32H32O13S.